The Hall–Kier alpha value is -4.39. The van der Waals surface area contributed by atoms with Crippen molar-refractivity contribution in [2.45, 2.75) is 31.8 Å². The summed E-state index contributed by atoms with van der Waals surface area (Å²) in [5.41, 5.74) is 10.4. The Balaban J connectivity index is 1.41. The van der Waals surface area contributed by atoms with Crippen LogP contribution in [0, 0.1) is 0 Å². The van der Waals surface area contributed by atoms with E-state index in [1.54, 1.807) is 47.2 Å². The van der Waals surface area contributed by atoms with E-state index in [-0.39, 0.29) is 17.7 Å². The highest BCUT2D eigenvalue weighted by molar-refractivity contribution is 6.12. The molecule has 1 saturated heterocycles. The number of nitrogens with zero attached hydrogens (tertiary/aromatic N) is 3. The molecule has 0 bridgehead atoms. The molecule has 5 rings (SSSR count). The Kier molecular flexibility index (Phi) is 6.29. The SMILES string of the molecule is C=C(c1ccc(C(=O)N(C)c2ccccc2N)cc1)C(C)N1C(=O)[C@H]2CCCN2C(=O)c2ccccc21. The predicted molar refractivity (Wildman–Crippen MR) is 147 cm³/mol. The van der Waals surface area contributed by atoms with E-state index >= 15 is 0 Å². The lowest BCUT2D eigenvalue weighted by Gasteiger charge is -2.32. The number of hydrogen-bond acceptors (Lipinski definition) is 4. The van der Waals surface area contributed by atoms with Gasteiger partial charge in [-0.15, -0.1) is 0 Å². The van der Waals surface area contributed by atoms with Crippen molar-refractivity contribution in [2.24, 2.45) is 0 Å². The van der Waals surface area contributed by atoms with E-state index in [1.807, 2.05) is 49.4 Å². The summed E-state index contributed by atoms with van der Waals surface area (Å²) < 4.78 is 0. The second-order valence-corrected chi connectivity index (χ2v) is 9.58. The molecule has 3 aromatic carbocycles. The lowest BCUT2D eigenvalue weighted by Crippen LogP contribution is -2.48. The summed E-state index contributed by atoms with van der Waals surface area (Å²) in [5, 5.41) is 0. The zero-order valence-corrected chi connectivity index (χ0v) is 21.1. The third-order valence-corrected chi connectivity index (χ3v) is 7.43. The van der Waals surface area contributed by atoms with Gasteiger partial charge >= 0.3 is 0 Å². The van der Waals surface area contributed by atoms with Crippen LogP contribution in [0.2, 0.25) is 0 Å². The maximum absolute atomic E-state index is 13.7. The van der Waals surface area contributed by atoms with E-state index in [2.05, 4.69) is 6.58 Å². The molecule has 0 radical (unpaired) electrons. The van der Waals surface area contributed by atoms with Crippen LogP contribution in [0.3, 0.4) is 0 Å². The summed E-state index contributed by atoms with van der Waals surface area (Å²) in [6.07, 6.45) is 1.47. The number of carbonyl (C=O) groups excluding carboxylic acids is 3. The van der Waals surface area contributed by atoms with Crippen LogP contribution < -0.4 is 15.5 Å². The van der Waals surface area contributed by atoms with Gasteiger partial charge in [0.25, 0.3) is 11.8 Å². The largest absolute Gasteiger partial charge is 0.397 e. The van der Waals surface area contributed by atoms with Gasteiger partial charge in [-0.05, 0) is 67.3 Å². The van der Waals surface area contributed by atoms with Crippen molar-refractivity contribution in [2.75, 3.05) is 29.1 Å². The number of anilines is 3. The van der Waals surface area contributed by atoms with Crippen LogP contribution in [0.5, 0.6) is 0 Å². The van der Waals surface area contributed by atoms with Crippen molar-refractivity contribution >= 4 is 40.4 Å². The molecule has 1 unspecified atom stereocenters. The van der Waals surface area contributed by atoms with Crippen LogP contribution in [0.1, 0.15) is 46.0 Å². The Morgan fingerprint density at radius 2 is 1.65 bits per heavy atom. The lowest BCUT2D eigenvalue weighted by molar-refractivity contribution is -0.122. The molecule has 188 valence electrons. The van der Waals surface area contributed by atoms with E-state index in [0.717, 1.165) is 17.6 Å². The Morgan fingerprint density at radius 3 is 2.38 bits per heavy atom. The van der Waals surface area contributed by atoms with E-state index in [9.17, 15) is 14.4 Å². The quantitative estimate of drug-likeness (QED) is 0.525. The molecule has 2 atom stereocenters. The number of nitrogen functional groups attached to an aromatic ring is 1. The predicted octanol–water partition coefficient (Wildman–Crippen LogP) is 4.60. The van der Waals surface area contributed by atoms with Crippen molar-refractivity contribution in [3.05, 3.63) is 96.1 Å². The zero-order valence-electron chi connectivity index (χ0n) is 21.1. The van der Waals surface area contributed by atoms with Crippen LogP contribution in [-0.4, -0.2) is 48.3 Å². The monoisotopic (exact) mass is 494 g/mol. The van der Waals surface area contributed by atoms with E-state index < -0.39 is 12.1 Å². The van der Waals surface area contributed by atoms with Gasteiger partial charge in [-0.2, -0.15) is 0 Å². The third kappa shape index (κ3) is 4.16. The number of benzene rings is 3. The molecule has 2 aliphatic heterocycles. The van der Waals surface area contributed by atoms with Crippen LogP contribution in [0.4, 0.5) is 17.1 Å². The first-order valence-corrected chi connectivity index (χ1v) is 12.4. The first-order valence-electron chi connectivity index (χ1n) is 12.4. The van der Waals surface area contributed by atoms with Crippen molar-refractivity contribution in [1.82, 2.24) is 4.90 Å². The second-order valence-electron chi connectivity index (χ2n) is 9.58. The van der Waals surface area contributed by atoms with Gasteiger partial charge in [0.1, 0.15) is 6.04 Å². The molecule has 3 amide bonds. The minimum atomic E-state index is -0.462. The molecule has 7 heteroatoms. The molecule has 37 heavy (non-hydrogen) atoms. The molecular formula is C30H30N4O3. The molecule has 0 aliphatic carbocycles. The molecule has 2 heterocycles. The molecule has 2 N–H and O–H groups in total. The van der Waals surface area contributed by atoms with Gasteiger partial charge in [0.05, 0.1) is 28.7 Å². The molecular weight excluding hydrogens is 464 g/mol. The maximum Gasteiger partial charge on any atom is 0.258 e. The minimum absolute atomic E-state index is 0.0849. The summed E-state index contributed by atoms with van der Waals surface area (Å²) >= 11 is 0. The van der Waals surface area contributed by atoms with Gasteiger partial charge in [-0.25, -0.2) is 0 Å². The second kappa shape index (κ2) is 9.58. The van der Waals surface area contributed by atoms with Crippen LogP contribution in [0.25, 0.3) is 5.57 Å². The van der Waals surface area contributed by atoms with Crippen molar-refractivity contribution in [3.63, 3.8) is 0 Å². The fourth-order valence-electron chi connectivity index (χ4n) is 5.28. The number of amides is 3. The van der Waals surface area contributed by atoms with Crippen LogP contribution in [0.15, 0.2) is 79.4 Å². The Labute approximate surface area is 216 Å². The fraction of sp³-hybridized carbons (Fsp3) is 0.233. The first kappa shape index (κ1) is 24.3. The van der Waals surface area contributed by atoms with Gasteiger partial charge in [0.2, 0.25) is 5.91 Å². The summed E-state index contributed by atoms with van der Waals surface area (Å²) in [4.78, 5) is 45.0. The zero-order chi connectivity index (χ0) is 26.3. The first-order chi connectivity index (χ1) is 17.8. The van der Waals surface area contributed by atoms with E-state index in [1.165, 1.54) is 4.90 Å². The maximum atomic E-state index is 13.7. The number of hydrogen-bond donors (Lipinski definition) is 1. The number of carbonyl (C=O) groups is 3. The smallest absolute Gasteiger partial charge is 0.258 e. The van der Waals surface area contributed by atoms with Crippen molar-refractivity contribution < 1.29 is 14.4 Å². The van der Waals surface area contributed by atoms with E-state index in [0.29, 0.717) is 41.2 Å². The normalized spacial score (nSPS) is 17.6. The Morgan fingerprint density at radius 1 is 1.00 bits per heavy atom. The summed E-state index contributed by atoms with van der Waals surface area (Å²) in [6.45, 7) is 6.82. The summed E-state index contributed by atoms with van der Waals surface area (Å²) in [5.74, 6) is -0.365. The van der Waals surface area contributed by atoms with Gasteiger partial charge in [0.15, 0.2) is 0 Å². The molecule has 3 aromatic rings. The van der Waals surface area contributed by atoms with E-state index in [4.69, 9.17) is 5.73 Å². The van der Waals surface area contributed by atoms with Crippen molar-refractivity contribution in [3.8, 4) is 0 Å². The van der Waals surface area contributed by atoms with Gasteiger partial charge in [-0.1, -0.05) is 43.0 Å². The molecule has 0 spiro atoms. The lowest BCUT2D eigenvalue weighted by atomic mass is 9.97. The number of fused-ring (bicyclic) bond motifs is 2. The van der Waals surface area contributed by atoms with Crippen LogP contribution >= 0.6 is 0 Å². The highest BCUT2D eigenvalue weighted by Crippen LogP contribution is 2.36. The van der Waals surface area contributed by atoms with Gasteiger partial charge < -0.3 is 20.4 Å². The average Bonchev–Trinajstić information content (AvgIpc) is 3.39. The highest BCUT2D eigenvalue weighted by Gasteiger charge is 2.43. The average molecular weight is 495 g/mol. The molecule has 1 fully saturated rings. The summed E-state index contributed by atoms with van der Waals surface area (Å²) in [7, 11) is 1.69. The molecule has 0 saturated carbocycles. The third-order valence-electron chi connectivity index (χ3n) is 7.43. The molecule has 7 nitrogen and oxygen atoms in total. The van der Waals surface area contributed by atoms with Gasteiger partial charge in [-0.3, -0.25) is 14.4 Å². The highest BCUT2D eigenvalue weighted by atomic mass is 16.2. The minimum Gasteiger partial charge on any atom is -0.397 e. The van der Waals surface area contributed by atoms with Crippen LogP contribution in [-0.2, 0) is 4.79 Å². The molecule has 0 aromatic heterocycles. The van der Waals surface area contributed by atoms with Gasteiger partial charge in [0, 0.05) is 19.2 Å². The number of para-hydroxylation sites is 3. The summed E-state index contributed by atoms with van der Waals surface area (Å²) in [6, 6.07) is 20.8. The fourth-order valence-corrected chi connectivity index (χ4v) is 5.28. The molecule has 2 aliphatic rings. The standard InChI is InChI=1S/C30H30N4O3/c1-19(21-14-16-22(17-15-21)28(35)32(3)26-12-7-5-10-24(26)31)20(2)34-25-11-6-4-9-23(25)29(36)33-18-8-13-27(33)30(34)37/h4-7,9-12,14-17,20,27H,1,8,13,18,31H2,2-3H3/t20?,27-/m1/s1. The van der Waals surface area contributed by atoms with Crippen molar-refractivity contribution in [1.29, 1.82) is 0 Å². The Bertz CT molecular complexity index is 1400. The topological polar surface area (TPSA) is 86.9 Å². The number of rotatable bonds is 5. The number of nitrogens with two attached hydrogens (primary N) is 1.